The lowest BCUT2D eigenvalue weighted by Gasteiger charge is -2.38. The molecule has 132 valence electrons. The molecule has 0 radical (unpaired) electrons. The summed E-state index contributed by atoms with van der Waals surface area (Å²) in [5.74, 6) is 0.193. The minimum absolute atomic E-state index is 0.0697. The Hall–Kier alpha value is -1.31. The van der Waals surface area contributed by atoms with E-state index in [4.69, 9.17) is 5.73 Å². The number of amidine groups is 1. The van der Waals surface area contributed by atoms with Gasteiger partial charge in [-0.25, -0.2) is 4.79 Å². The Morgan fingerprint density at radius 3 is 2.48 bits per heavy atom. The number of rotatable bonds is 5. The van der Waals surface area contributed by atoms with Crippen LogP contribution in [0.1, 0.15) is 40.5 Å². The van der Waals surface area contributed by atoms with Crippen LogP contribution in [0.3, 0.4) is 0 Å². The van der Waals surface area contributed by atoms with Gasteiger partial charge in [-0.05, 0) is 32.6 Å². The van der Waals surface area contributed by atoms with E-state index in [0.717, 1.165) is 12.8 Å². The van der Waals surface area contributed by atoms with Crippen LogP contribution in [0, 0.1) is 5.92 Å². The Kier molecular flexibility index (Phi) is 6.85. The lowest BCUT2D eigenvalue weighted by molar-refractivity contribution is -0.136. The monoisotopic (exact) mass is 390 g/mol. The van der Waals surface area contributed by atoms with E-state index in [1.54, 1.807) is 4.90 Å². The van der Waals surface area contributed by atoms with Crippen molar-refractivity contribution >= 4 is 33.8 Å². The number of alkyl halides is 1. The third kappa shape index (κ3) is 4.59. The van der Waals surface area contributed by atoms with Crippen LogP contribution in [0.2, 0.25) is 0 Å². The first kappa shape index (κ1) is 19.7. The molecule has 1 unspecified atom stereocenters. The summed E-state index contributed by atoms with van der Waals surface area (Å²) in [4.78, 5) is 30.5. The molecule has 23 heavy (non-hydrogen) atoms. The van der Waals surface area contributed by atoms with Crippen molar-refractivity contribution in [3.8, 4) is 0 Å². The molecule has 7 nitrogen and oxygen atoms in total. The third-order valence-corrected chi connectivity index (χ3v) is 4.37. The third-order valence-electron chi connectivity index (χ3n) is 4.17. The van der Waals surface area contributed by atoms with Gasteiger partial charge in [-0.2, -0.15) is 0 Å². The average molecular weight is 391 g/mol. The number of ether oxygens (including phenoxy) is 1. The van der Waals surface area contributed by atoms with Crippen LogP contribution in [-0.2, 0) is 9.53 Å². The Bertz CT molecular complexity index is 481. The van der Waals surface area contributed by atoms with E-state index in [2.05, 4.69) is 31.0 Å². The van der Waals surface area contributed by atoms with Crippen molar-refractivity contribution in [2.24, 2.45) is 16.6 Å². The number of nitrogens with zero attached hydrogens (tertiary/aromatic N) is 2. The molecule has 2 amide bonds. The van der Waals surface area contributed by atoms with Crippen LogP contribution in [-0.4, -0.2) is 52.9 Å². The zero-order valence-corrected chi connectivity index (χ0v) is 16.0. The standard InChI is InChI=1S/C15H27BrN4O3/c1-9(2)11(19-14(22)23-5)12(21)20-8-6-7-15(20,4)13(17)18-10(3)16/h9-11H,6-8H2,1-5H3,(H2,17,18)(H,19,22)/t10?,11-,15-/m0/s1. The highest BCUT2D eigenvalue weighted by atomic mass is 79.9. The van der Waals surface area contributed by atoms with Gasteiger partial charge in [0.1, 0.15) is 16.8 Å². The number of carbonyl (C=O) groups excluding carboxylic acids is 2. The van der Waals surface area contributed by atoms with Gasteiger partial charge in [0.05, 0.1) is 12.6 Å². The van der Waals surface area contributed by atoms with E-state index >= 15 is 0 Å². The fourth-order valence-electron chi connectivity index (χ4n) is 2.78. The predicted molar refractivity (Wildman–Crippen MR) is 93.5 cm³/mol. The number of methoxy groups -OCH3 is 1. The van der Waals surface area contributed by atoms with Crippen molar-refractivity contribution < 1.29 is 14.3 Å². The minimum atomic E-state index is -0.658. The summed E-state index contributed by atoms with van der Waals surface area (Å²) in [7, 11) is 1.28. The van der Waals surface area contributed by atoms with Crippen molar-refractivity contribution in [1.29, 1.82) is 0 Å². The molecule has 0 bridgehead atoms. The highest BCUT2D eigenvalue weighted by Crippen LogP contribution is 2.31. The van der Waals surface area contributed by atoms with E-state index in [-0.39, 0.29) is 16.8 Å². The molecular formula is C15H27BrN4O3. The summed E-state index contributed by atoms with van der Waals surface area (Å²) in [5, 5.41) is 2.62. The second-order valence-corrected chi connectivity index (χ2v) is 7.64. The summed E-state index contributed by atoms with van der Waals surface area (Å²) in [5.41, 5.74) is 5.53. The number of hydrogen-bond acceptors (Lipinski definition) is 4. The van der Waals surface area contributed by atoms with E-state index in [9.17, 15) is 9.59 Å². The van der Waals surface area contributed by atoms with Crippen LogP contribution < -0.4 is 11.1 Å². The zero-order chi connectivity index (χ0) is 17.8. The summed E-state index contributed by atoms with van der Waals surface area (Å²) < 4.78 is 4.62. The molecule has 3 atom stereocenters. The largest absolute Gasteiger partial charge is 0.453 e. The molecular weight excluding hydrogens is 364 g/mol. The van der Waals surface area contributed by atoms with Crippen molar-refractivity contribution in [1.82, 2.24) is 10.2 Å². The quantitative estimate of drug-likeness (QED) is 0.324. The van der Waals surface area contributed by atoms with Crippen molar-refractivity contribution in [2.45, 2.75) is 57.1 Å². The summed E-state index contributed by atoms with van der Waals surface area (Å²) >= 11 is 3.35. The van der Waals surface area contributed by atoms with Gasteiger partial charge in [0.2, 0.25) is 5.91 Å². The lowest BCUT2D eigenvalue weighted by Crippen LogP contribution is -2.60. The molecule has 0 aliphatic carbocycles. The number of nitrogens with two attached hydrogens (primary N) is 1. The zero-order valence-electron chi connectivity index (χ0n) is 14.4. The number of nitrogens with one attached hydrogen (secondary N) is 1. The van der Waals surface area contributed by atoms with Crippen molar-refractivity contribution in [3.63, 3.8) is 0 Å². The molecule has 0 aromatic carbocycles. The predicted octanol–water partition coefficient (Wildman–Crippen LogP) is 1.85. The Morgan fingerprint density at radius 2 is 2.00 bits per heavy atom. The Balaban J connectivity index is 3.05. The average Bonchev–Trinajstić information content (AvgIpc) is 2.86. The molecule has 1 fully saturated rings. The number of amides is 2. The number of alkyl carbamates (subject to hydrolysis) is 1. The SMILES string of the molecule is COC(=O)N[C@H](C(=O)N1CCC[C@@]1(C)C(N)=NC(C)Br)C(C)C. The van der Waals surface area contributed by atoms with Crippen LogP contribution in [0.4, 0.5) is 4.79 Å². The van der Waals surface area contributed by atoms with Gasteiger partial charge in [-0.3, -0.25) is 9.79 Å². The smallest absolute Gasteiger partial charge is 0.407 e. The maximum absolute atomic E-state index is 13.0. The molecule has 0 spiro atoms. The first-order chi connectivity index (χ1) is 10.6. The van der Waals surface area contributed by atoms with Gasteiger partial charge >= 0.3 is 6.09 Å². The molecule has 1 saturated heterocycles. The highest BCUT2D eigenvalue weighted by Gasteiger charge is 2.45. The van der Waals surface area contributed by atoms with Crippen LogP contribution in [0.5, 0.6) is 0 Å². The molecule has 3 N–H and O–H groups in total. The molecule has 8 heteroatoms. The van der Waals surface area contributed by atoms with Gasteiger partial charge in [-0.1, -0.05) is 29.8 Å². The first-order valence-electron chi connectivity index (χ1n) is 7.77. The van der Waals surface area contributed by atoms with Crippen molar-refractivity contribution in [2.75, 3.05) is 13.7 Å². The van der Waals surface area contributed by atoms with Crippen LogP contribution >= 0.6 is 15.9 Å². The molecule has 1 rings (SSSR count). The Morgan fingerprint density at radius 1 is 1.39 bits per heavy atom. The van der Waals surface area contributed by atoms with E-state index < -0.39 is 17.7 Å². The Labute approximate surface area is 146 Å². The molecule has 1 heterocycles. The van der Waals surface area contributed by atoms with Gasteiger partial charge in [0.15, 0.2) is 0 Å². The number of likely N-dealkylation sites (tertiary alicyclic amines) is 1. The van der Waals surface area contributed by atoms with E-state index in [1.165, 1.54) is 7.11 Å². The molecule has 0 aromatic rings. The van der Waals surface area contributed by atoms with Gasteiger partial charge in [-0.15, -0.1) is 0 Å². The first-order valence-corrected chi connectivity index (χ1v) is 8.68. The summed E-state index contributed by atoms with van der Waals surface area (Å²) in [6.07, 6.45) is 0.975. The maximum Gasteiger partial charge on any atom is 0.407 e. The second-order valence-electron chi connectivity index (χ2n) is 6.31. The van der Waals surface area contributed by atoms with Crippen LogP contribution in [0.15, 0.2) is 4.99 Å². The second kappa shape index (κ2) is 7.99. The van der Waals surface area contributed by atoms with Crippen molar-refractivity contribution in [3.05, 3.63) is 0 Å². The number of aliphatic imine (C=N–C) groups is 1. The minimum Gasteiger partial charge on any atom is -0.453 e. The van der Waals surface area contributed by atoms with Crippen LogP contribution in [0.25, 0.3) is 0 Å². The number of carbonyl (C=O) groups is 2. The fraction of sp³-hybridized carbons (Fsp3) is 0.800. The molecule has 1 aliphatic rings. The topological polar surface area (TPSA) is 97.0 Å². The highest BCUT2D eigenvalue weighted by molar-refractivity contribution is 9.09. The van der Waals surface area contributed by atoms with Gasteiger partial charge in [0, 0.05) is 6.54 Å². The summed E-state index contributed by atoms with van der Waals surface area (Å²) in [6.45, 7) is 8.14. The molecule has 0 aromatic heterocycles. The maximum atomic E-state index is 13.0. The normalized spacial score (nSPS) is 24.5. The number of halogens is 1. The fourth-order valence-corrected chi connectivity index (χ4v) is 3.00. The van der Waals surface area contributed by atoms with E-state index in [1.807, 2.05) is 27.7 Å². The van der Waals surface area contributed by atoms with E-state index in [0.29, 0.717) is 12.4 Å². The van der Waals surface area contributed by atoms with Gasteiger partial charge in [0.25, 0.3) is 0 Å². The van der Waals surface area contributed by atoms with Gasteiger partial charge < -0.3 is 20.7 Å². The summed E-state index contributed by atoms with van der Waals surface area (Å²) in [6, 6.07) is -0.658. The molecule has 1 aliphatic heterocycles. The lowest BCUT2D eigenvalue weighted by atomic mass is 9.95. The molecule has 0 saturated carbocycles. The number of hydrogen-bond donors (Lipinski definition) is 2.